The third kappa shape index (κ3) is 3.75. The van der Waals surface area contributed by atoms with E-state index >= 15 is 0 Å². The Kier molecular flexibility index (Phi) is 5.12. The molecule has 7 nitrogen and oxygen atoms in total. The molecule has 2 aromatic rings. The van der Waals surface area contributed by atoms with E-state index in [1.165, 1.54) is 10.6 Å². The highest BCUT2D eigenvalue weighted by Gasteiger charge is 2.55. The first-order valence-electron chi connectivity index (χ1n) is 9.57. The fourth-order valence-electron chi connectivity index (χ4n) is 4.62. The van der Waals surface area contributed by atoms with Gasteiger partial charge in [-0.2, -0.15) is 5.10 Å². The summed E-state index contributed by atoms with van der Waals surface area (Å²) < 4.78 is 41.5. The minimum Gasteiger partial charge on any atom is -0.354 e. The van der Waals surface area contributed by atoms with Gasteiger partial charge < -0.3 is 4.90 Å². The van der Waals surface area contributed by atoms with Crippen LogP contribution in [0.2, 0.25) is 5.15 Å². The zero-order chi connectivity index (χ0) is 21.1. The molecule has 160 valence electrons. The number of rotatable bonds is 6. The van der Waals surface area contributed by atoms with E-state index in [9.17, 15) is 13.0 Å². The van der Waals surface area contributed by atoms with Crippen LogP contribution in [0.15, 0.2) is 12.4 Å². The molecule has 0 aromatic carbocycles. The number of hydrogen-bond donors (Lipinski definition) is 1. The van der Waals surface area contributed by atoms with Crippen molar-refractivity contribution >= 4 is 34.1 Å². The Labute approximate surface area is 175 Å². The van der Waals surface area contributed by atoms with Gasteiger partial charge in [-0.1, -0.05) is 25.4 Å². The van der Waals surface area contributed by atoms with E-state index in [4.69, 9.17) is 16.7 Å². The molecule has 2 aromatic heterocycles. The lowest BCUT2D eigenvalue weighted by molar-refractivity contribution is -0.0398. The van der Waals surface area contributed by atoms with Crippen molar-refractivity contribution in [3.63, 3.8) is 0 Å². The average molecular weight is 447 g/mol. The maximum Gasteiger partial charge on any atom is 0.258 e. The van der Waals surface area contributed by atoms with E-state index in [0.29, 0.717) is 18.0 Å². The summed E-state index contributed by atoms with van der Waals surface area (Å²) in [5.74, 6) is -1.82. The topological polar surface area (TPSA) is 79.8 Å². The highest BCUT2D eigenvalue weighted by Crippen LogP contribution is 2.52. The minimum absolute atomic E-state index is 0.0294. The Balaban J connectivity index is 1.48. The highest BCUT2D eigenvalue weighted by molar-refractivity contribution is 7.80. The molecule has 3 heterocycles. The molecule has 1 unspecified atom stereocenters. The van der Waals surface area contributed by atoms with Gasteiger partial charge in [-0.3, -0.25) is 0 Å². The van der Waals surface area contributed by atoms with Crippen LogP contribution in [-0.2, 0) is 11.2 Å². The van der Waals surface area contributed by atoms with Crippen molar-refractivity contribution in [1.29, 1.82) is 0 Å². The van der Waals surface area contributed by atoms with Crippen LogP contribution in [0.3, 0.4) is 0 Å². The van der Waals surface area contributed by atoms with Crippen LogP contribution in [-0.4, -0.2) is 54.7 Å². The number of hydrogen-bond acceptors (Lipinski definition) is 4. The van der Waals surface area contributed by atoms with Crippen molar-refractivity contribution in [3.8, 4) is 0 Å². The molecule has 1 aliphatic carbocycles. The summed E-state index contributed by atoms with van der Waals surface area (Å²) in [5.41, 5.74) is 2.03. The largest absolute Gasteiger partial charge is 0.354 e. The Morgan fingerprint density at radius 1 is 1.45 bits per heavy atom. The first-order valence-corrected chi connectivity index (χ1v) is 11.1. The molecule has 4 rings (SSSR count). The number of fused-ring (bicyclic) bond motifs is 1. The van der Waals surface area contributed by atoms with Crippen molar-refractivity contribution < 1.29 is 13.0 Å². The van der Waals surface area contributed by atoms with Crippen molar-refractivity contribution in [2.24, 2.45) is 10.6 Å². The molecule has 0 radical (unpaired) electrons. The minimum atomic E-state index is -2.93. The second-order valence-electron chi connectivity index (χ2n) is 8.76. The summed E-state index contributed by atoms with van der Waals surface area (Å²) in [6, 6.07) is 1.74. The van der Waals surface area contributed by atoms with Crippen molar-refractivity contribution in [2.45, 2.75) is 51.5 Å². The molecule has 0 bridgehead atoms. The Morgan fingerprint density at radius 3 is 2.66 bits per heavy atom. The number of anilines is 1. The summed E-state index contributed by atoms with van der Waals surface area (Å²) in [4.78, 5) is 6.67. The summed E-state index contributed by atoms with van der Waals surface area (Å²) in [6.07, 6.45) is 2.89. The van der Waals surface area contributed by atoms with Gasteiger partial charge in [0, 0.05) is 31.5 Å². The van der Waals surface area contributed by atoms with Gasteiger partial charge in [-0.05, 0) is 30.4 Å². The molecular formula is C18H25ClF2N6OS. The lowest BCUT2D eigenvalue weighted by Gasteiger charge is -2.61. The Hall–Kier alpha value is -1.36. The monoisotopic (exact) mass is 446 g/mol. The number of aromatic nitrogens is 3. The quantitative estimate of drug-likeness (QED) is 0.739. The molecule has 1 saturated heterocycles. The number of nitrogens with zero attached hydrogens (tertiary/aromatic N) is 5. The Bertz CT molecular complexity index is 948. The second kappa shape index (κ2) is 7.11. The van der Waals surface area contributed by atoms with E-state index in [0.717, 1.165) is 36.9 Å². The molecule has 1 aliphatic heterocycles. The number of nitrogens with two attached hydrogens (primary N) is 1. The zero-order valence-corrected chi connectivity index (χ0v) is 18.2. The Morgan fingerprint density at radius 2 is 2.10 bits per heavy atom. The van der Waals surface area contributed by atoms with Gasteiger partial charge in [0.05, 0.1) is 6.54 Å². The molecule has 2 N–H and O–H groups in total. The van der Waals surface area contributed by atoms with E-state index in [-0.39, 0.29) is 17.4 Å². The van der Waals surface area contributed by atoms with Gasteiger partial charge >= 0.3 is 0 Å². The lowest BCUT2D eigenvalue weighted by Crippen LogP contribution is -2.67. The molecule has 1 saturated carbocycles. The predicted molar refractivity (Wildman–Crippen MR) is 109 cm³/mol. The molecule has 1 atom stereocenters. The standard InChI is InChI=1S/C18H25ClF2N6OS/c1-11(2)13-4-14(19)27-15(13)16(23-10-24-27)25-8-18(9-25)5-12(6-18)26(29(22)28)7-17(3,20)21/h4,10-12H,5-9,22H2,1-3H3. The smallest absolute Gasteiger partial charge is 0.258 e. The third-order valence-corrected chi connectivity index (χ3v) is 7.06. The van der Waals surface area contributed by atoms with Gasteiger partial charge in [0.25, 0.3) is 5.92 Å². The fraction of sp³-hybridized carbons (Fsp3) is 0.667. The summed E-state index contributed by atoms with van der Waals surface area (Å²) in [6.45, 7) is 5.96. The van der Waals surface area contributed by atoms with E-state index in [1.807, 2.05) is 6.07 Å². The molecular weight excluding hydrogens is 422 g/mol. The lowest BCUT2D eigenvalue weighted by atomic mass is 9.60. The maximum atomic E-state index is 13.4. The average Bonchev–Trinajstić information content (AvgIpc) is 2.88. The summed E-state index contributed by atoms with van der Waals surface area (Å²) in [7, 11) is 0. The predicted octanol–water partition coefficient (Wildman–Crippen LogP) is 2.97. The van der Waals surface area contributed by atoms with Gasteiger partial charge in [-0.15, -0.1) is 0 Å². The van der Waals surface area contributed by atoms with Gasteiger partial charge in [0.2, 0.25) is 0 Å². The molecule has 2 fully saturated rings. The third-order valence-electron chi connectivity index (χ3n) is 5.90. The van der Waals surface area contributed by atoms with Crippen LogP contribution in [0.4, 0.5) is 14.6 Å². The number of alkyl halides is 2. The van der Waals surface area contributed by atoms with E-state index < -0.39 is 23.6 Å². The van der Waals surface area contributed by atoms with Crippen LogP contribution >= 0.6 is 11.6 Å². The van der Waals surface area contributed by atoms with Gasteiger partial charge in [0.1, 0.15) is 17.0 Å². The highest BCUT2D eigenvalue weighted by atomic mass is 35.5. The van der Waals surface area contributed by atoms with Crippen LogP contribution in [0, 0.1) is 5.41 Å². The normalized spacial score (nSPS) is 20.5. The van der Waals surface area contributed by atoms with Crippen molar-refractivity contribution in [1.82, 2.24) is 18.9 Å². The number of halogens is 3. The molecule has 0 amide bonds. The second-order valence-corrected chi connectivity index (χ2v) is 10.2. The van der Waals surface area contributed by atoms with Crippen LogP contribution in [0.25, 0.3) is 5.52 Å². The fourth-order valence-corrected chi connectivity index (χ4v) is 5.66. The van der Waals surface area contributed by atoms with E-state index in [2.05, 4.69) is 28.8 Å². The van der Waals surface area contributed by atoms with Crippen LogP contribution in [0.1, 0.15) is 45.1 Å². The molecule has 1 spiro atoms. The first-order chi connectivity index (χ1) is 13.5. The maximum absolute atomic E-state index is 13.4. The molecule has 29 heavy (non-hydrogen) atoms. The van der Waals surface area contributed by atoms with Crippen molar-refractivity contribution in [3.05, 3.63) is 23.1 Å². The molecule has 2 aliphatic rings. The SMILES string of the molecule is CC(C)c1cc(Cl)n2ncnc(N3CC4(CC(N(CC(C)(F)F)S(N)=O)C4)C3)c12. The summed E-state index contributed by atoms with van der Waals surface area (Å²) in [5, 5.41) is 10.3. The van der Waals surface area contributed by atoms with Crippen LogP contribution in [0.5, 0.6) is 0 Å². The van der Waals surface area contributed by atoms with Crippen LogP contribution < -0.4 is 10.0 Å². The van der Waals surface area contributed by atoms with Crippen molar-refractivity contribution in [2.75, 3.05) is 24.5 Å². The summed E-state index contributed by atoms with van der Waals surface area (Å²) >= 11 is 4.43. The van der Waals surface area contributed by atoms with Gasteiger partial charge in [0.15, 0.2) is 17.0 Å². The molecule has 11 heteroatoms. The first kappa shape index (κ1) is 20.9. The van der Waals surface area contributed by atoms with Gasteiger partial charge in [-0.25, -0.2) is 31.9 Å². The zero-order valence-electron chi connectivity index (χ0n) is 16.6. The van der Waals surface area contributed by atoms with E-state index in [1.54, 1.807) is 4.52 Å².